The van der Waals surface area contributed by atoms with Crippen LogP contribution in [0.2, 0.25) is 0 Å². The van der Waals surface area contributed by atoms with E-state index in [4.69, 9.17) is 19.0 Å². The lowest BCUT2D eigenvalue weighted by Crippen LogP contribution is -2.37. The first-order valence-electron chi connectivity index (χ1n) is 10.9. The summed E-state index contributed by atoms with van der Waals surface area (Å²) in [5.41, 5.74) is 1.60. The van der Waals surface area contributed by atoms with Gasteiger partial charge in [0, 0.05) is 0 Å². The van der Waals surface area contributed by atoms with Gasteiger partial charge in [0.1, 0.15) is 11.7 Å². The summed E-state index contributed by atoms with van der Waals surface area (Å²) in [4.78, 5) is 34.3. The van der Waals surface area contributed by atoms with Crippen molar-refractivity contribution in [3.05, 3.63) is 78.1 Å². The zero-order chi connectivity index (χ0) is 24.7. The van der Waals surface area contributed by atoms with Gasteiger partial charge in [-0.3, -0.25) is 14.4 Å². The number of ether oxygens (including phenoxy) is 3. The van der Waals surface area contributed by atoms with Crippen LogP contribution in [0.1, 0.15) is 11.6 Å². The van der Waals surface area contributed by atoms with E-state index in [2.05, 4.69) is 0 Å². The van der Waals surface area contributed by atoms with E-state index >= 15 is 0 Å². The number of carbonyl (C=O) groups is 2. The number of rotatable bonds is 6. The number of halogens is 1. The monoisotopic (exact) mass is 478 g/mol. The fraction of sp³-hybridized carbons (Fsp3) is 0.231. The number of anilines is 2. The minimum Gasteiger partial charge on any atom is -0.493 e. The normalized spacial score (nSPS) is 21.3. The highest BCUT2D eigenvalue weighted by atomic mass is 19.1. The van der Waals surface area contributed by atoms with Gasteiger partial charge in [-0.15, -0.1) is 0 Å². The Morgan fingerprint density at radius 1 is 0.800 bits per heavy atom. The standard InChI is InChI=1S/C26H23FN2O6/c1-32-19-13-15(14-20(33-2)23(19)34-3)22-21-24(35-29(22)18-7-5-4-6-8-18)26(31)28(25(21)30)17-11-9-16(27)10-12-17/h4-14,21-22,24H,1-3H3/t21-,22+,24+/m0/s1. The average Bonchev–Trinajstić information content (AvgIpc) is 3.40. The summed E-state index contributed by atoms with van der Waals surface area (Å²) >= 11 is 0. The number of nitrogens with zero attached hydrogens (tertiary/aromatic N) is 2. The molecule has 0 saturated carbocycles. The van der Waals surface area contributed by atoms with Crippen molar-refractivity contribution >= 4 is 23.2 Å². The molecule has 0 N–H and O–H groups in total. The quantitative estimate of drug-likeness (QED) is 0.498. The summed E-state index contributed by atoms with van der Waals surface area (Å²) in [5.74, 6) is -1.06. The molecule has 3 atom stereocenters. The smallest absolute Gasteiger partial charge is 0.266 e. The van der Waals surface area contributed by atoms with Gasteiger partial charge in [-0.1, -0.05) is 18.2 Å². The summed E-state index contributed by atoms with van der Waals surface area (Å²) in [7, 11) is 4.51. The van der Waals surface area contributed by atoms with Crippen molar-refractivity contribution in [2.24, 2.45) is 5.92 Å². The van der Waals surface area contributed by atoms with Crippen LogP contribution >= 0.6 is 0 Å². The molecule has 0 spiro atoms. The first-order chi connectivity index (χ1) is 17.0. The van der Waals surface area contributed by atoms with Crippen molar-refractivity contribution in [1.29, 1.82) is 0 Å². The van der Waals surface area contributed by atoms with E-state index < -0.39 is 35.7 Å². The van der Waals surface area contributed by atoms with Crippen molar-refractivity contribution in [2.75, 3.05) is 31.3 Å². The molecule has 35 heavy (non-hydrogen) atoms. The molecule has 0 aliphatic carbocycles. The molecule has 0 unspecified atom stereocenters. The second kappa shape index (κ2) is 8.92. The lowest BCUT2D eigenvalue weighted by Gasteiger charge is -2.29. The molecule has 180 valence electrons. The maximum absolute atomic E-state index is 13.7. The number of hydroxylamine groups is 1. The highest BCUT2D eigenvalue weighted by Crippen LogP contribution is 2.50. The second-order valence-electron chi connectivity index (χ2n) is 8.10. The van der Waals surface area contributed by atoms with Gasteiger partial charge in [-0.25, -0.2) is 14.4 Å². The van der Waals surface area contributed by atoms with E-state index in [1.807, 2.05) is 30.3 Å². The van der Waals surface area contributed by atoms with Crippen LogP contribution in [-0.2, 0) is 14.4 Å². The van der Waals surface area contributed by atoms with E-state index in [-0.39, 0.29) is 5.69 Å². The third-order valence-corrected chi connectivity index (χ3v) is 6.24. The van der Waals surface area contributed by atoms with Crippen LogP contribution in [0.15, 0.2) is 66.7 Å². The van der Waals surface area contributed by atoms with Crippen molar-refractivity contribution in [3.8, 4) is 17.2 Å². The fourth-order valence-corrected chi connectivity index (χ4v) is 4.67. The number of para-hydroxylation sites is 1. The van der Waals surface area contributed by atoms with Gasteiger partial charge in [-0.05, 0) is 54.1 Å². The summed E-state index contributed by atoms with van der Waals surface area (Å²) in [6.45, 7) is 0. The number of hydrogen-bond donors (Lipinski definition) is 0. The largest absolute Gasteiger partial charge is 0.493 e. The van der Waals surface area contributed by atoms with Gasteiger partial charge in [0.25, 0.3) is 5.91 Å². The molecule has 5 rings (SSSR count). The van der Waals surface area contributed by atoms with Crippen molar-refractivity contribution < 1.29 is 33.0 Å². The molecule has 2 heterocycles. The maximum atomic E-state index is 13.7. The molecule has 2 fully saturated rings. The highest BCUT2D eigenvalue weighted by molar-refractivity contribution is 6.23. The van der Waals surface area contributed by atoms with Crippen LogP contribution in [0.3, 0.4) is 0 Å². The first kappa shape index (κ1) is 22.7. The molecule has 3 aromatic rings. The van der Waals surface area contributed by atoms with E-state index in [1.165, 1.54) is 45.6 Å². The number of carbonyl (C=O) groups excluding carboxylic acids is 2. The molecule has 2 saturated heterocycles. The molecule has 8 nitrogen and oxygen atoms in total. The number of methoxy groups -OCH3 is 3. The molecule has 0 bridgehead atoms. The Morgan fingerprint density at radius 3 is 2.00 bits per heavy atom. The predicted molar refractivity (Wildman–Crippen MR) is 125 cm³/mol. The molecule has 2 aliphatic rings. The zero-order valence-electron chi connectivity index (χ0n) is 19.3. The van der Waals surface area contributed by atoms with Gasteiger partial charge >= 0.3 is 0 Å². The van der Waals surface area contributed by atoms with Crippen LogP contribution in [0.4, 0.5) is 15.8 Å². The topological polar surface area (TPSA) is 77.5 Å². The number of hydrogen-bond acceptors (Lipinski definition) is 7. The van der Waals surface area contributed by atoms with Crippen LogP contribution in [0.25, 0.3) is 0 Å². The van der Waals surface area contributed by atoms with Crippen molar-refractivity contribution in [1.82, 2.24) is 0 Å². The Morgan fingerprint density at radius 2 is 1.43 bits per heavy atom. The molecule has 0 aromatic heterocycles. The summed E-state index contributed by atoms with van der Waals surface area (Å²) in [6.07, 6.45) is -1.06. The maximum Gasteiger partial charge on any atom is 0.266 e. The Kier molecular flexibility index (Phi) is 5.78. The van der Waals surface area contributed by atoms with E-state index in [0.717, 1.165) is 4.90 Å². The van der Waals surface area contributed by atoms with Gasteiger partial charge in [0.2, 0.25) is 11.7 Å². The Balaban J connectivity index is 1.64. The number of amides is 2. The van der Waals surface area contributed by atoms with Crippen LogP contribution in [-0.4, -0.2) is 39.2 Å². The lowest BCUT2D eigenvalue weighted by molar-refractivity contribution is -0.126. The van der Waals surface area contributed by atoms with Crippen LogP contribution in [0.5, 0.6) is 17.2 Å². The van der Waals surface area contributed by atoms with E-state index in [0.29, 0.717) is 28.5 Å². The Bertz CT molecular complexity index is 1240. The van der Waals surface area contributed by atoms with Gasteiger partial charge in [-0.2, -0.15) is 0 Å². The first-order valence-corrected chi connectivity index (χ1v) is 10.9. The number of benzene rings is 3. The molecule has 2 aliphatic heterocycles. The third-order valence-electron chi connectivity index (χ3n) is 6.24. The van der Waals surface area contributed by atoms with Crippen molar-refractivity contribution in [2.45, 2.75) is 12.1 Å². The Labute approximate surface area is 201 Å². The zero-order valence-corrected chi connectivity index (χ0v) is 19.3. The lowest BCUT2D eigenvalue weighted by atomic mass is 9.90. The van der Waals surface area contributed by atoms with Crippen LogP contribution in [0, 0.1) is 11.7 Å². The predicted octanol–water partition coefficient (Wildman–Crippen LogP) is 3.90. The second-order valence-corrected chi connectivity index (χ2v) is 8.10. The van der Waals surface area contributed by atoms with Gasteiger partial charge in [0.15, 0.2) is 17.6 Å². The minimum atomic E-state index is -1.06. The molecule has 2 amide bonds. The summed E-state index contributed by atoms with van der Waals surface area (Å²) in [5, 5.41) is 1.58. The summed E-state index contributed by atoms with van der Waals surface area (Å²) in [6, 6.07) is 17.2. The van der Waals surface area contributed by atoms with Gasteiger partial charge in [0.05, 0.1) is 38.7 Å². The average molecular weight is 478 g/mol. The van der Waals surface area contributed by atoms with Crippen molar-refractivity contribution in [3.63, 3.8) is 0 Å². The SMILES string of the molecule is COc1cc([C@@H]2[C@@H]3C(=O)N(c4ccc(F)cc4)C(=O)[C@@H]3ON2c2ccccc2)cc(OC)c1OC. The van der Waals surface area contributed by atoms with E-state index in [1.54, 1.807) is 17.2 Å². The summed E-state index contributed by atoms with van der Waals surface area (Å²) < 4.78 is 30.0. The number of fused-ring (bicyclic) bond motifs is 1. The molecular weight excluding hydrogens is 455 g/mol. The molecule has 3 aromatic carbocycles. The van der Waals surface area contributed by atoms with Crippen LogP contribution < -0.4 is 24.2 Å². The fourth-order valence-electron chi connectivity index (χ4n) is 4.67. The van der Waals surface area contributed by atoms with Gasteiger partial charge < -0.3 is 14.2 Å². The Hall–Kier alpha value is -4.11. The molecule has 9 heteroatoms. The van der Waals surface area contributed by atoms with E-state index in [9.17, 15) is 14.0 Å². The highest BCUT2D eigenvalue weighted by Gasteiger charge is 2.60. The molecular formula is C26H23FN2O6. The third kappa shape index (κ3) is 3.64. The molecule has 0 radical (unpaired) electrons. The minimum absolute atomic E-state index is 0.286. The number of imide groups is 1.